The maximum Gasteiger partial charge on any atom is 0.418 e. The lowest BCUT2D eigenvalue weighted by Crippen LogP contribution is -2.50. The fourth-order valence-electron chi connectivity index (χ4n) is 17.7. The smallest absolute Gasteiger partial charge is 0.418 e. The van der Waals surface area contributed by atoms with Gasteiger partial charge in [-0.15, -0.1) is 45.1 Å². The second-order valence-corrected chi connectivity index (χ2v) is 35.6. The number of aromatic nitrogens is 8. The summed E-state index contributed by atoms with van der Waals surface area (Å²) in [5, 5.41) is 49.6. The van der Waals surface area contributed by atoms with Crippen molar-refractivity contribution in [3.05, 3.63) is 83.0 Å². The van der Waals surface area contributed by atoms with Gasteiger partial charge in [-0.2, -0.15) is 27.9 Å². The summed E-state index contributed by atoms with van der Waals surface area (Å²) in [6.07, 6.45) is 35.5. The highest BCUT2D eigenvalue weighted by Crippen LogP contribution is 2.44. The molecule has 8 bridgehead atoms. The van der Waals surface area contributed by atoms with Crippen molar-refractivity contribution in [1.29, 1.82) is 0 Å². The van der Waals surface area contributed by atoms with Crippen LogP contribution < -0.4 is 5.32 Å². The molecule has 12 fully saturated rings. The molecular weight excluding hydrogens is 1540 g/mol. The van der Waals surface area contributed by atoms with Crippen LogP contribution in [0.25, 0.3) is 0 Å². The minimum atomic E-state index is -4.99. The number of quaternary nitrogens is 1. The largest absolute Gasteiger partial charge is 0.724 e. The summed E-state index contributed by atoms with van der Waals surface area (Å²) in [6.45, 7) is 19.2. The first kappa shape index (κ1) is 86.3. The van der Waals surface area contributed by atoms with Gasteiger partial charge < -0.3 is 51.6 Å². The molecule has 116 heavy (non-hydrogen) atoms. The highest BCUT2D eigenvalue weighted by molar-refractivity contribution is 7.81. The number of fused-ring (bicyclic) bond motifs is 8. The zero-order chi connectivity index (χ0) is 81.5. The van der Waals surface area contributed by atoms with Gasteiger partial charge in [-0.25, -0.2) is 32.7 Å². The lowest BCUT2D eigenvalue weighted by Gasteiger charge is -2.39. The molecule has 0 radical (unpaired) electrons. The maximum atomic E-state index is 12.9. The average molecular weight is 1660 g/mol. The number of amides is 8. The number of piperidine rings is 4. The number of urea groups is 4. The number of hydrogen-bond acceptors (Lipinski definition) is 26. The molecule has 5 aromatic rings. The van der Waals surface area contributed by atoms with Crippen molar-refractivity contribution in [2.24, 2.45) is 23.7 Å². The average Bonchev–Trinajstić information content (AvgIpc) is 1.58. The number of nitrogens with zero attached hydrogens (tertiary/aromatic N) is 17. The quantitative estimate of drug-likeness (QED) is 0.0147. The van der Waals surface area contributed by atoms with E-state index in [1.54, 1.807) is 9.96 Å². The Hall–Kier alpha value is -7.56. The van der Waals surface area contributed by atoms with Gasteiger partial charge in [0.25, 0.3) is 0 Å². The van der Waals surface area contributed by atoms with E-state index in [0.717, 1.165) is 112 Å². The number of benzene rings is 1. The molecule has 4 aromatic heterocycles. The fraction of sp³-hybridized carbons (Fsp3) is 0.769. The van der Waals surface area contributed by atoms with Crippen LogP contribution in [-0.2, 0) is 66.5 Å². The number of unbranched alkanes of at least 4 members (excludes halogenated alkanes) is 4. The van der Waals surface area contributed by atoms with Crippen molar-refractivity contribution in [3.8, 4) is 0 Å². The van der Waals surface area contributed by atoms with E-state index in [1.807, 2.05) is 35.2 Å². The van der Waals surface area contributed by atoms with Crippen molar-refractivity contribution >= 4 is 44.9 Å². The Morgan fingerprint density at radius 2 is 0.784 bits per heavy atom. The molecular formula is C78H120N18O18S2. The number of carbonyl (C=O) groups excluding carboxylic acids is 4. The predicted molar refractivity (Wildman–Crippen MR) is 413 cm³/mol. The van der Waals surface area contributed by atoms with E-state index in [0.29, 0.717) is 115 Å². The van der Waals surface area contributed by atoms with Gasteiger partial charge >= 0.3 is 34.5 Å². The number of carbonyl (C=O) groups is 4. The highest BCUT2D eigenvalue weighted by atomic mass is 32.3. The van der Waals surface area contributed by atoms with E-state index in [-0.39, 0.29) is 49.3 Å². The Balaban J connectivity index is 0.000000127. The third-order valence-corrected chi connectivity index (χ3v) is 26.2. The molecule has 642 valence electrons. The molecule has 3 N–H and O–H groups in total. The molecule has 3 aliphatic carbocycles. The van der Waals surface area contributed by atoms with Crippen molar-refractivity contribution in [1.82, 2.24) is 86.0 Å². The maximum absolute atomic E-state index is 12.9. The third-order valence-electron chi connectivity index (χ3n) is 25.5. The second-order valence-electron chi connectivity index (χ2n) is 33.6. The molecule has 0 unspecified atom stereocenters. The van der Waals surface area contributed by atoms with Gasteiger partial charge in [-0.1, -0.05) is 141 Å². The number of hydroxylamine groups is 8. The molecule has 9 saturated heterocycles. The number of nitrogens with one attached hydrogen (secondary N) is 1. The molecule has 13 heterocycles. The van der Waals surface area contributed by atoms with Gasteiger partial charge in [-0.3, -0.25) is 14.6 Å². The van der Waals surface area contributed by atoms with Crippen LogP contribution in [0.5, 0.6) is 0 Å². The summed E-state index contributed by atoms with van der Waals surface area (Å²) in [7, 11) is -9.74. The van der Waals surface area contributed by atoms with E-state index in [9.17, 15) is 45.8 Å². The summed E-state index contributed by atoms with van der Waals surface area (Å²) in [5.74, 6) is 7.28. The first-order valence-corrected chi connectivity index (χ1v) is 45.7. The number of hydrogen-bond donors (Lipinski definition) is 3. The van der Waals surface area contributed by atoms with Crippen LogP contribution in [0.2, 0.25) is 0 Å². The summed E-state index contributed by atoms with van der Waals surface area (Å²) < 4.78 is 96.3. The summed E-state index contributed by atoms with van der Waals surface area (Å²) in [4.78, 5) is 61.7. The Morgan fingerprint density at radius 3 is 1.12 bits per heavy atom. The molecule has 12 aliphatic rings. The number of aryl methyl sites for hydroxylation is 4. The molecule has 8 amide bonds. The van der Waals surface area contributed by atoms with Crippen LogP contribution in [0.15, 0.2) is 48.0 Å². The van der Waals surface area contributed by atoms with Crippen LogP contribution in [0, 0.1) is 23.7 Å². The van der Waals surface area contributed by atoms with Crippen LogP contribution in [0.3, 0.4) is 0 Å². The van der Waals surface area contributed by atoms with Gasteiger partial charge in [0.15, 0.2) is 0 Å². The standard InChI is InChI=1S/C21H26N4O3.C16H36N.C14H20N4O6S.C14H20N4O3.C13H19N5O6S/c26-21-24-13-17(25(21)27-14-16-5-2-1-3-6-16)10-11-18(24)20-23-22-19(28-20)12-9-15-7-4-8-15;1-5-9-13-17(14-10-6-2,15-11-7-3)16-12-8-4;19-14-17-8-10(18(14)24-25(20,21)22)5-6-11(17)13-16-15-12(23-13)7-4-9-2-1-3-9;19-14-17-8-10(18(14)20)5-6-11(17)13-16-15-12(21-13)7-4-9-2-1-3-9;19-13-17-7-9(18(13)24-25(20,21)22)2-3-10(17)12-16-15-11(23-12)4-1-8-5-14-6-8/h1-3,5-6,15,17-18H,4,7-14H2;5-16H2,1-4H3;9-11H,1-8H2,(H,20,21,22);9-11,20H,1-8H2;8-10,14H,1-7H2,(H,20,21,22)/q;+1;;;/p-1/t17-,18+;;2*10-,11+;9-,10+/m1.111/s1. The van der Waals surface area contributed by atoms with E-state index >= 15 is 0 Å². The summed E-state index contributed by atoms with van der Waals surface area (Å²) >= 11 is 0. The first-order chi connectivity index (χ1) is 56.0. The zero-order valence-corrected chi connectivity index (χ0v) is 69.4. The van der Waals surface area contributed by atoms with Crippen molar-refractivity contribution in [3.63, 3.8) is 0 Å². The van der Waals surface area contributed by atoms with E-state index in [2.05, 4.69) is 82.4 Å². The zero-order valence-electron chi connectivity index (χ0n) is 67.8. The monoisotopic (exact) mass is 1660 g/mol. The van der Waals surface area contributed by atoms with E-state index < -0.39 is 57.0 Å². The van der Waals surface area contributed by atoms with Crippen molar-refractivity contribution in [2.45, 2.75) is 295 Å². The molecule has 9 aliphatic heterocycles. The van der Waals surface area contributed by atoms with Crippen LogP contribution in [0.4, 0.5) is 19.2 Å². The minimum Gasteiger partial charge on any atom is -0.724 e. The van der Waals surface area contributed by atoms with Gasteiger partial charge in [0.05, 0.1) is 50.3 Å². The molecule has 17 rings (SSSR count). The lowest BCUT2D eigenvalue weighted by atomic mass is 9.82. The second kappa shape index (κ2) is 40.0. The lowest BCUT2D eigenvalue weighted by molar-refractivity contribution is -0.929. The molecule has 3 saturated carbocycles. The van der Waals surface area contributed by atoms with Gasteiger partial charge in [0, 0.05) is 51.9 Å². The third kappa shape index (κ3) is 22.1. The van der Waals surface area contributed by atoms with E-state index in [4.69, 9.17) is 27.1 Å². The Labute approximate surface area is 680 Å². The molecule has 36 nitrogen and oxygen atoms in total. The van der Waals surface area contributed by atoms with Crippen molar-refractivity contribution < 1.29 is 85.9 Å². The fourth-order valence-corrected chi connectivity index (χ4v) is 18.5. The van der Waals surface area contributed by atoms with Gasteiger partial charge in [-0.05, 0) is 145 Å². The molecule has 1 aromatic carbocycles. The van der Waals surface area contributed by atoms with Crippen LogP contribution in [0.1, 0.15) is 291 Å². The van der Waals surface area contributed by atoms with Crippen molar-refractivity contribution in [2.75, 3.05) is 65.4 Å². The van der Waals surface area contributed by atoms with Gasteiger partial charge in [0.1, 0.15) is 30.8 Å². The number of rotatable bonds is 35. The SMILES string of the molecule is CCCC[N+](CCCC)(CCCC)CCCC.O=C1N(O)[C@@H]2CC[C@@H](c3nnc(CCC4CCC4)o3)N1C2.O=C1N2C[C@@H](CC[C@H]2c2nnc(CCC3CCC3)o2)N1OCc1ccccc1.O=C1N2C[C@@H](CC[C@H]2c2nnc(CCC3CCC3)o2)N1OS(=O)(=O)[O-].O=C1N2C[C@@H](CC[C@H]2c2nnc(CCC3CNC3)o2)N1OS(=O)(=O)O. The van der Waals surface area contributed by atoms with Gasteiger partial charge in [0.2, 0.25) is 57.5 Å². The molecule has 38 heteroatoms. The topological polar surface area (TPSA) is 421 Å². The Morgan fingerprint density at radius 1 is 0.448 bits per heavy atom. The van der Waals surface area contributed by atoms with Crippen LogP contribution >= 0.6 is 0 Å². The molecule has 8 atom stereocenters. The summed E-state index contributed by atoms with van der Waals surface area (Å²) in [6, 6.07) is 6.12. The minimum absolute atomic E-state index is 0.0882. The van der Waals surface area contributed by atoms with E-state index in [1.165, 1.54) is 150 Å². The first-order valence-electron chi connectivity index (χ1n) is 43.0. The predicted octanol–water partition coefficient (Wildman–Crippen LogP) is 12.0. The van der Waals surface area contributed by atoms with Crippen LogP contribution in [-0.4, -0.2) is 230 Å². The summed E-state index contributed by atoms with van der Waals surface area (Å²) in [5.41, 5.74) is 1.05. The highest BCUT2D eigenvalue weighted by Gasteiger charge is 2.52. The molecule has 0 spiro atoms. The normalized spacial score (nSPS) is 24.6. The Bertz CT molecular complexity index is 4050. The Kier molecular flexibility index (Phi) is 29.8.